The summed E-state index contributed by atoms with van der Waals surface area (Å²) >= 11 is 0. The van der Waals surface area contributed by atoms with Gasteiger partial charge in [-0.2, -0.15) is 0 Å². The average molecular weight is 754 g/mol. The molecule has 0 aliphatic carbocycles. The number of anilines is 3. The maximum Gasteiger partial charge on any atom is 0.143 e. The van der Waals surface area contributed by atoms with E-state index >= 15 is 0 Å². The smallest absolute Gasteiger partial charge is 0.143 e. The van der Waals surface area contributed by atoms with Crippen LogP contribution >= 0.6 is 0 Å². The van der Waals surface area contributed by atoms with Gasteiger partial charge in [0, 0.05) is 49.3 Å². The molecule has 0 radical (unpaired) electrons. The number of fused-ring (bicyclic) bond motifs is 9. The zero-order valence-electron chi connectivity index (χ0n) is 32.0. The van der Waals surface area contributed by atoms with Gasteiger partial charge in [-0.15, -0.1) is 0 Å². The fourth-order valence-corrected chi connectivity index (χ4v) is 9.12. The van der Waals surface area contributed by atoms with Gasteiger partial charge in [-0.05, 0) is 93.2 Å². The molecule has 0 spiro atoms. The molecule has 0 unspecified atom stereocenters. The van der Waals surface area contributed by atoms with Crippen molar-refractivity contribution in [1.29, 1.82) is 0 Å². The molecule has 0 aliphatic heterocycles. The molecule has 12 aromatic rings. The molecule has 0 amide bonds. The summed E-state index contributed by atoms with van der Waals surface area (Å²) in [6.07, 6.45) is 0. The second kappa shape index (κ2) is 13.4. The van der Waals surface area contributed by atoms with Crippen molar-refractivity contribution in [3.05, 3.63) is 212 Å². The molecule has 3 heteroatoms. The van der Waals surface area contributed by atoms with Gasteiger partial charge in [0.2, 0.25) is 0 Å². The van der Waals surface area contributed by atoms with E-state index in [1.165, 1.54) is 21.9 Å². The maximum absolute atomic E-state index is 6.85. The summed E-state index contributed by atoms with van der Waals surface area (Å²) in [7, 11) is 0. The molecule has 3 nitrogen and oxygen atoms in total. The normalized spacial score (nSPS) is 11.7. The minimum absolute atomic E-state index is 0.860. The lowest BCUT2D eigenvalue weighted by Crippen LogP contribution is -2.10. The van der Waals surface area contributed by atoms with Crippen LogP contribution in [0, 0.1) is 0 Å². The van der Waals surface area contributed by atoms with Crippen LogP contribution in [0.1, 0.15) is 0 Å². The molecule has 2 heterocycles. The van der Waals surface area contributed by atoms with E-state index in [1.807, 2.05) is 12.1 Å². The summed E-state index contributed by atoms with van der Waals surface area (Å²) in [4.78, 5) is 2.36. The molecule has 12 rings (SSSR count). The molecule has 10 aromatic carbocycles. The van der Waals surface area contributed by atoms with Crippen molar-refractivity contribution >= 4 is 82.5 Å². The number of hydrogen-bond donors (Lipinski definition) is 0. The van der Waals surface area contributed by atoms with Gasteiger partial charge < -0.3 is 13.7 Å². The molecular weight excluding hydrogens is 719 g/mol. The van der Waals surface area contributed by atoms with Crippen molar-refractivity contribution in [2.45, 2.75) is 0 Å². The first-order valence-corrected chi connectivity index (χ1v) is 20.1. The van der Waals surface area contributed by atoms with Crippen LogP contribution in [0.4, 0.5) is 17.1 Å². The molecular formula is C56H35NO2. The van der Waals surface area contributed by atoms with Crippen LogP contribution in [-0.2, 0) is 0 Å². The fourth-order valence-electron chi connectivity index (χ4n) is 9.12. The summed E-state index contributed by atoms with van der Waals surface area (Å²) in [5.74, 6) is 0. The third kappa shape index (κ3) is 5.36. The van der Waals surface area contributed by atoms with E-state index in [-0.39, 0.29) is 0 Å². The van der Waals surface area contributed by atoms with Crippen molar-refractivity contribution in [2.24, 2.45) is 0 Å². The Bertz CT molecular complexity index is 3540. The molecule has 0 atom stereocenters. The third-order valence-electron chi connectivity index (χ3n) is 11.9. The topological polar surface area (TPSA) is 29.5 Å². The van der Waals surface area contributed by atoms with Crippen LogP contribution in [0.3, 0.4) is 0 Å². The fraction of sp³-hybridized carbons (Fsp3) is 0. The Morgan fingerprint density at radius 2 is 0.831 bits per heavy atom. The summed E-state index contributed by atoms with van der Waals surface area (Å²) in [5.41, 5.74) is 13.7. The lowest BCUT2D eigenvalue weighted by molar-refractivity contribution is 0.670. The Balaban J connectivity index is 1.00. The van der Waals surface area contributed by atoms with E-state index in [1.54, 1.807) is 0 Å². The minimum atomic E-state index is 0.860. The first-order valence-electron chi connectivity index (χ1n) is 20.1. The highest BCUT2D eigenvalue weighted by molar-refractivity contribution is 6.21. The second-order valence-electron chi connectivity index (χ2n) is 15.2. The third-order valence-corrected chi connectivity index (χ3v) is 11.9. The molecule has 0 saturated heterocycles. The number of para-hydroxylation sites is 3. The quantitative estimate of drug-likeness (QED) is 0.169. The highest BCUT2D eigenvalue weighted by atomic mass is 16.3. The molecule has 2 aromatic heterocycles. The van der Waals surface area contributed by atoms with Gasteiger partial charge in [-0.25, -0.2) is 0 Å². The van der Waals surface area contributed by atoms with Crippen LogP contribution in [0.5, 0.6) is 0 Å². The van der Waals surface area contributed by atoms with Crippen LogP contribution in [0.25, 0.3) is 98.8 Å². The number of rotatable bonds is 6. The first-order chi connectivity index (χ1) is 29.3. The molecule has 0 bridgehead atoms. The molecule has 0 N–H and O–H groups in total. The molecule has 59 heavy (non-hydrogen) atoms. The van der Waals surface area contributed by atoms with E-state index in [9.17, 15) is 0 Å². The zero-order chi connectivity index (χ0) is 38.9. The van der Waals surface area contributed by atoms with Crippen molar-refractivity contribution in [3.63, 3.8) is 0 Å². The Kier molecular flexibility index (Phi) is 7.54. The Hall–Kier alpha value is -7.88. The van der Waals surface area contributed by atoms with E-state index in [2.05, 4.69) is 205 Å². The summed E-state index contributed by atoms with van der Waals surface area (Å²) in [6.45, 7) is 0. The molecule has 0 saturated carbocycles. The maximum atomic E-state index is 6.85. The molecule has 276 valence electrons. The summed E-state index contributed by atoms with van der Waals surface area (Å²) < 4.78 is 13.4. The Labute approximate surface area is 340 Å². The van der Waals surface area contributed by atoms with E-state index < -0.39 is 0 Å². The van der Waals surface area contributed by atoms with Crippen molar-refractivity contribution in [1.82, 2.24) is 0 Å². The minimum Gasteiger partial charge on any atom is -0.455 e. The standard InChI is InChI=1S/C56H35NO2/c1-3-14-36(15-4-1)37-26-29-40(30-27-37)57(39-16-5-2-6-17-39)52-33-32-41(42-18-7-9-20-44(42)52)38-28-31-46-51-35-50(43-19-8-10-22-47(43)56(51)59-54(46)34-38)49-24-13-23-48-45-21-11-12-25-53(45)58-55(48)49/h1-35H. The number of furan rings is 2. The van der Waals surface area contributed by atoms with Crippen LogP contribution < -0.4 is 4.90 Å². The van der Waals surface area contributed by atoms with E-state index in [0.29, 0.717) is 0 Å². The van der Waals surface area contributed by atoms with E-state index in [0.717, 1.165) is 94.0 Å². The van der Waals surface area contributed by atoms with Gasteiger partial charge in [-0.1, -0.05) is 158 Å². The Morgan fingerprint density at radius 3 is 1.63 bits per heavy atom. The molecule has 0 aliphatic rings. The van der Waals surface area contributed by atoms with Crippen LogP contribution in [0.15, 0.2) is 221 Å². The summed E-state index contributed by atoms with van der Waals surface area (Å²) in [5, 5.41) is 8.98. The van der Waals surface area contributed by atoms with Crippen molar-refractivity contribution < 1.29 is 8.83 Å². The zero-order valence-corrected chi connectivity index (χ0v) is 32.0. The number of hydrogen-bond acceptors (Lipinski definition) is 3. The van der Waals surface area contributed by atoms with Gasteiger partial charge >= 0.3 is 0 Å². The summed E-state index contributed by atoms with van der Waals surface area (Å²) in [6, 6.07) is 75.5. The predicted molar refractivity (Wildman–Crippen MR) is 247 cm³/mol. The van der Waals surface area contributed by atoms with Gasteiger partial charge in [0.05, 0.1) is 5.69 Å². The molecule has 0 fully saturated rings. The monoisotopic (exact) mass is 753 g/mol. The number of benzene rings is 10. The average Bonchev–Trinajstić information content (AvgIpc) is 3.88. The van der Waals surface area contributed by atoms with Gasteiger partial charge in [0.15, 0.2) is 0 Å². The predicted octanol–water partition coefficient (Wildman–Crippen LogP) is 16.3. The van der Waals surface area contributed by atoms with Crippen molar-refractivity contribution in [3.8, 4) is 33.4 Å². The van der Waals surface area contributed by atoms with Gasteiger partial charge in [0.1, 0.15) is 22.3 Å². The van der Waals surface area contributed by atoms with Crippen molar-refractivity contribution in [2.75, 3.05) is 4.90 Å². The lowest BCUT2D eigenvalue weighted by atomic mass is 9.93. The van der Waals surface area contributed by atoms with Gasteiger partial charge in [0.25, 0.3) is 0 Å². The SMILES string of the molecule is c1ccc(-c2ccc(N(c3ccccc3)c3ccc(-c4ccc5c(c4)oc4c6ccccc6c(-c6cccc7c6oc6ccccc67)cc54)c4ccccc34)cc2)cc1. The lowest BCUT2D eigenvalue weighted by Gasteiger charge is -2.27. The largest absolute Gasteiger partial charge is 0.455 e. The van der Waals surface area contributed by atoms with Crippen LogP contribution in [0.2, 0.25) is 0 Å². The second-order valence-corrected chi connectivity index (χ2v) is 15.2. The Morgan fingerprint density at radius 1 is 0.271 bits per heavy atom. The highest BCUT2D eigenvalue weighted by Crippen LogP contribution is 2.46. The van der Waals surface area contributed by atoms with Gasteiger partial charge in [-0.3, -0.25) is 0 Å². The number of nitrogens with zero attached hydrogens (tertiary/aromatic N) is 1. The van der Waals surface area contributed by atoms with E-state index in [4.69, 9.17) is 8.83 Å². The van der Waals surface area contributed by atoms with Crippen LogP contribution in [-0.4, -0.2) is 0 Å². The highest BCUT2D eigenvalue weighted by Gasteiger charge is 2.21. The first kappa shape index (κ1) is 33.3.